The minimum absolute atomic E-state index is 0.170. The van der Waals surface area contributed by atoms with Crippen molar-refractivity contribution in [1.29, 1.82) is 0 Å². The van der Waals surface area contributed by atoms with Crippen molar-refractivity contribution in [3.63, 3.8) is 0 Å². The Balaban J connectivity index is 1.49. The van der Waals surface area contributed by atoms with Gasteiger partial charge in [0.2, 0.25) is 0 Å². The highest BCUT2D eigenvalue weighted by Crippen LogP contribution is 2.40. The van der Waals surface area contributed by atoms with Crippen LogP contribution in [-0.2, 0) is 31.2 Å². The van der Waals surface area contributed by atoms with Gasteiger partial charge in [-0.3, -0.25) is 4.68 Å². The first kappa shape index (κ1) is 23.4. The molecule has 1 aromatic carbocycles. The number of fused-ring (bicyclic) bond motifs is 2. The molecule has 0 saturated heterocycles. The number of aliphatic hydroxyl groups excluding tert-OH is 1. The number of carbonyl (C=O) groups excluding carboxylic acids is 1. The van der Waals surface area contributed by atoms with Gasteiger partial charge in [-0.1, -0.05) is 12.1 Å². The topological polar surface area (TPSA) is 132 Å². The highest BCUT2D eigenvalue weighted by Gasteiger charge is 2.27. The van der Waals surface area contributed by atoms with Crippen LogP contribution in [0, 0.1) is 0 Å². The number of carbonyl (C=O) groups is 1. The van der Waals surface area contributed by atoms with E-state index in [9.17, 15) is 9.90 Å². The third-order valence-electron chi connectivity index (χ3n) is 7.01. The molecule has 0 spiro atoms. The van der Waals surface area contributed by atoms with E-state index in [1.165, 1.54) is 28.9 Å². The van der Waals surface area contributed by atoms with Gasteiger partial charge in [-0.25, -0.2) is 14.8 Å². The van der Waals surface area contributed by atoms with Gasteiger partial charge in [0.1, 0.15) is 16.2 Å². The third-order valence-corrected chi connectivity index (χ3v) is 8.19. The maximum absolute atomic E-state index is 12.1. The number of ether oxygens (including phenoxy) is 1. The number of aromatic nitrogens is 5. The number of nitrogens with zero attached hydrogens (tertiary/aromatic N) is 4. The molecule has 4 N–H and O–H groups in total. The molecule has 0 saturated carbocycles. The number of aliphatic hydroxyl groups is 1. The number of nitrogens with two attached hydrogens (primary N) is 1. The number of rotatable bonds is 5. The molecule has 37 heavy (non-hydrogen) atoms. The van der Waals surface area contributed by atoms with Crippen LogP contribution in [0.5, 0.6) is 0 Å². The molecular formula is C27H26N6O3S. The minimum Gasteiger partial charge on any atom is -0.465 e. The van der Waals surface area contributed by atoms with Gasteiger partial charge in [-0.05, 0) is 48.6 Å². The van der Waals surface area contributed by atoms with E-state index in [4.69, 9.17) is 20.4 Å². The normalized spacial score (nSPS) is 15.2. The Morgan fingerprint density at radius 2 is 2.16 bits per heavy atom. The molecule has 6 rings (SSSR count). The van der Waals surface area contributed by atoms with Crippen molar-refractivity contribution < 1.29 is 14.6 Å². The van der Waals surface area contributed by atoms with Crippen LogP contribution in [0.4, 0.5) is 5.69 Å². The van der Waals surface area contributed by atoms with Crippen LogP contribution in [0.3, 0.4) is 0 Å². The average Bonchev–Trinajstić information content (AvgIpc) is 3.64. The van der Waals surface area contributed by atoms with Crippen molar-refractivity contribution in [3.05, 3.63) is 69.3 Å². The van der Waals surface area contributed by atoms with Gasteiger partial charge < -0.3 is 20.6 Å². The Kier molecular flexibility index (Phi) is 5.77. The number of esters is 1. The van der Waals surface area contributed by atoms with Gasteiger partial charge in [0.15, 0.2) is 5.65 Å². The van der Waals surface area contributed by atoms with Crippen molar-refractivity contribution in [1.82, 2.24) is 24.7 Å². The third kappa shape index (κ3) is 4.08. The summed E-state index contributed by atoms with van der Waals surface area (Å²) < 4.78 is 6.65. The summed E-state index contributed by atoms with van der Waals surface area (Å²) in [4.78, 5) is 27.2. The molecule has 10 heteroatoms. The molecule has 0 amide bonds. The number of benzene rings is 1. The second kappa shape index (κ2) is 9.13. The summed E-state index contributed by atoms with van der Waals surface area (Å²) in [5.41, 5.74) is 13.5. The first-order valence-electron chi connectivity index (χ1n) is 12.0. The second-order valence-corrected chi connectivity index (χ2v) is 10.4. The summed E-state index contributed by atoms with van der Waals surface area (Å²) in [5.74, 6) is 0.551. The van der Waals surface area contributed by atoms with Crippen LogP contribution in [0.2, 0.25) is 0 Å². The van der Waals surface area contributed by atoms with Gasteiger partial charge in [0.25, 0.3) is 0 Å². The van der Waals surface area contributed by atoms with Crippen LogP contribution in [0.15, 0.2) is 42.7 Å². The number of nitrogens with one attached hydrogen (secondary N) is 1. The van der Waals surface area contributed by atoms with E-state index in [1.54, 1.807) is 16.9 Å². The number of imidazole rings is 1. The first-order chi connectivity index (χ1) is 17.9. The summed E-state index contributed by atoms with van der Waals surface area (Å²) in [6, 6.07) is 9.67. The smallest absolute Gasteiger partial charge is 0.348 e. The standard InChI is InChI=1S/C27H26N6O3S/c1-33-12-16(11-29-33)25-31-24-18(17-4-3-5-20(28)19(17)13-34)10-21(30-26(24)32-25)14-6-7-15-9-23(27(35)36-2)37-22(15)8-14/h3-5,9-12,14,34H,6-8,13,28H2,1-2H3,(H,30,31,32). The molecular weight excluding hydrogens is 488 g/mol. The zero-order chi connectivity index (χ0) is 25.7. The number of hydrogen-bond donors (Lipinski definition) is 3. The monoisotopic (exact) mass is 514 g/mol. The molecule has 1 aliphatic rings. The highest BCUT2D eigenvalue weighted by atomic mass is 32.1. The predicted molar refractivity (Wildman–Crippen MR) is 142 cm³/mol. The second-order valence-electron chi connectivity index (χ2n) is 9.30. The average molecular weight is 515 g/mol. The molecule has 4 heterocycles. The molecule has 1 atom stereocenters. The van der Waals surface area contributed by atoms with Crippen molar-refractivity contribution >= 4 is 34.2 Å². The van der Waals surface area contributed by atoms with E-state index in [0.717, 1.165) is 41.6 Å². The summed E-state index contributed by atoms with van der Waals surface area (Å²) in [5, 5.41) is 14.4. The fraction of sp³-hybridized carbons (Fsp3) is 0.259. The number of pyridine rings is 1. The number of thiophene rings is 1. The van der Waals surface area contributed by atoms with Crippen molar-refractivity contribution in [2.75, 3.05) is 12.8 Å². The van der Waals surface area contributed by atoms with E-state index < -0.39 is 0 Å². The van der Waals surface area contributed by atoms with E-state index in [2.05, 4.69) is 16.1 Å². The molecule has 9 nitrogen and oxygen atoms in total. The SMILES string of the molecule is COC(=O)c1cc2c(s1)CC(c1cc(-c3cccc(N)c3CO)c3nc(-c4cnn(C)c4)[nH]c3n1)CC2. The minimum atomic E-state index is -0.295. The number of aryl methyl sites for hydroxylation is 2. The summed E-state index contributed by atoms with van der Waals surface area (Å²) in [7, 11) is 3.27. The molecule has 1 aliphatic carbocycles. The molecule has 4 aromatic heterocycles. The highest BCUT2D eigenvalue weighted by molar-refractivity contribution is 7.14. The quantitative estimate of drug-likeness (QED) is 0.236. The van der Waals surface area contributed by atoms with Crippen molar-refractivity contribution in [3.8, 4) is 22.5 Å². The molecule has 5 aromatic rings. The molecule has 0 bridgehead atoms. The number of methoxy groups -OCH3 is 1. The zero-order valence-corrected chi connectivity index (χ0v) is 21.3. The van der Waals surface area contributed by atoms with Crippen LogP contribution in [0.1, 0.15) is 43.7 Å². The summed E-state index contributed by atoms with van der Waals surface area (Å²) in [6.45, 7) is -0.181. The largest absolute Gasteiger partial charge is 0.465 e. The van der Waals surface area contributed by atoms with E-state index in [1.807, 2.05) is 31.4 Å². The Morgan fingerprint density at radius 3 is 2.92 bits per heavy atom. The number of nitrogen functional groups attached to an aromatic ring is 1. The van der Waals surface area contributed by atoms with Gasteiger partial charge >= 0.3 is 5.97 Å². The lowest BCUT2D eigenvalue weighted by molar-refractivity contribution is 0.0606. The van der Waals surface area contributed by atoms with E-state index in [-0.39, 0.29) is 18.5 Å². The van der Waals surface area contributed by atoms with Crippen molar-refractivity contribution in [2.45, 2.75) is 31.8 Å². The molecule has 0 radical (unpaired) electrons. The Morgan fingerprint density at radius 1 is 1.30 bits per heavy atom. The zero-order valence-electron chi connectivity index (χ0n) is 20.5. The summed E-state index contributed by atoms with van der Waals surface area (Å²) in [6.07, 6.45) is 6.23. The first-order valence-corrected chi connectivity index (χ1v) is 12.8. The van der Waals surface area contributed by atoms with Crippen molar-refractivity contribution in [2.24, 2.45) is 7.05 Å². The van der Waals surface area contributed by atoms with Crippen LogP contribution in [-0.4, -0.2) is 42.9 Å². The number of H-pyrrole nitrogens is 1. The van der Waals surface area contributed by atoms with Gasteiger partial charge in [0, 0.05) is 46.5 Å². The van der Waals surface area contributed by atoms with Crippen LogP contribution in [0.25, 0.3) is 33.7 Å². The Bertz CT molecular complexity index is 1650. The van der Waals surface area contributed by atoms with Gasteiger partial charge in [0.05, 0.1) is 25.5 Å². The molecule has 188 valence electrons. The fourth-order valence-corrected chi connectivity index (χ4v) is 6.31. The van der Waals surface area contributed by atoms with Gasteiger partial charge in [-0.15, -0.1) is 11.3 Å². The lowest BCUT2D eigenvalue weighted by atomic mass is 9.85. The number of aromatic amines is 1. The van der Waals surface area contributed by atoms with Gasteiger partial charge in [-0.2, -0.15) is 5.10 Å². The molecule has 1 unspecified atom stereocenters. The Hall–Kier alpha value is -4.02. The van der Waals surface area contributed by atoms with E-state index >= 15 is 0 Å². The maximum Gasteiger partial charge on any atom is 0.348 e. The lowest BCUT2D eigenvalue weighted by Crippen LogP contribution is -2.12. The predicted octanol–water partition coefficient (Wildman–Crippen LogP) is 4.22. The molecule has 0 fully saturated rings. The maximum atomic E-state index is 12.1. The lowest BCUT2D eigenvalue weighted by Gasteiger charge is -2.22. The number of hydrogen-bond acceptors (Lipinski definition) is 8. The number of anilines is 1. The fourth-order valence-electron chi connectivity index (χ4n) is 5.10. The van der Waals surface area contributed by atoms with E-state index in [0.29, 0.717) is 33.1 Å². The Labute approximate surface area is 217 Å². The molecule has 0 aliphatic heterocycles. The summed E-state index contributed by atoms with van der Waals surface area (Å²) >= 11 is 1.50. The van der Waals surface area contributed by atoms with Crippen LogP contribution >= 0.6 is 11.3 Å². The van der Waals surface area contributed by atoms with Crippen LogP contribution < -0.4 is 5.73 Å².